The quantitative estimate of drug-likeness (QED) is 0.827. The van der Waals surface area contributed by atoms with Crippen LogP contribution in [-0.2, 0) is 4.79 Å². The van der Waals surface area contributed by atoms with Gasteiger partial charge in [-0.25, -0.2) is 4.39 Å². The number of carbonyl (C=O) groups is 1. The summed E-state index contributed by atoms with van der Waals surface area (Å²) in [7, 11) is 0. The van der Waals surface area contributed by atoms with Gasteiger partial charge in [-0.2, -0.15) is 0 Å². The monoisotopic (exact) mass is 352 g/mol. The normalized spacial score (nSPS) is 12.7. The number of carbonyl (C=O) groups excluding carboxylic acids is 1. The average Bonchev–Trinajstić information content (AvgIpc) is 2.49. The third-order valence-electron chi connectivity index (χ3n) is 3.31. The minimum absolute atomic E-state index is 0. The third-order valence-corrected chi connectivity index (χ3v) is 3.31. The zero-order valence-corrected chi connectivity index (χ0v) is 14.5. The molecule has 0 aromatic heterocycles. The number of ether oxygens (including phenoxy) is 1. The second kappa shape index (κ2) is 9.25. The van der Waals surface area contributed by atoms with Crippen molar-refractivity contribution in [3.8, 4) is 11.5 Å². The van der Waals surface area contributed by atoms with E-state index in [-0.39, 0.29) is 42.6 Å². The lowest BCUT2D eigenvalue weighted by Gasteiger charge is -2.16. The minimum Gasteiger partial charge on any atom is -0.454 e. The Labute approximate surface area is 147 Å². The van der Waals surface area contributed by atoms with Crippen LogP contribution in [0.1, 0.15) is 31.9 Å². The number of benzene rings is 2. The Bertz CT molecular complexity index is 665. The van der Waals surface area contributed by atoms with Gasteiger partial charge in [0, 0.05) is 12.5 Å². The maximum Gasteiger partial charge on any atom is 0.222 e. The Morgan fingerprint density at radius 3 is 2.46 bits per heavy atom. The van der Waals surface area contributed by atoms with Gasteiger partial charge in [-0.05, 0) is 43.7 Å². The van der Waals surface area contributed by atoms with E-state index >= 15 is 0 Å². The summed E-state index contributed by atoms with van der Waals surface area (Å²) in [6, 6.07) is 13.2. The molecule has 0 aliphatic rings. The predicted octanol–water partition coefficient (Wildman–Crippen LogP) is 3.95. The van der Waals surface area contributed by atoms with Crippen molar-refractivity contribution in [1.29, 1.82) is 0 Å². The van der Waals surface area contributed by atoms with E-state index in [1.54, 1.807) is 38.1 Å². The van der Waals surface area contributed by atoms with Gasteiger partial charge in [-0.3, -0.25) is 4.79 Å². The molecule has 130 valence electrons. The lowest BCUT2D eigenvalue weighted by Crippen LogP contribution is -2.31. The molecule has 4 nitrogen and oxygen atoms in total. The van der Waals surface area contributed by atoms with Gasteiger partial charge in [-0.1, -0.05) is 24.3 Å². The molecule has 1 amide bonds. The maximum atomic E-state index is 14.2. The van der Waals surface area contributed by atoms with Crippen LogP contribution in [0.15, 0.2) is 48.5 Å². The molecule has 0 heterocycles. The summed E-state index contributed by atoms with van der Waals surface area (Å²) in [5.74, 6) is 0.0867. The summed E-state index contributed by atoms with van der Waals surface area (Å²) >= 11 is 0. The molecular weight excluding hydrogens is 331 g/mol. The number of rotatable bonds is 6. The number of hydrogen-bond donors (Lipinski definition) is 2. The van der Waals surface area contributed by atoms with Crippen LogP contribution in [0.4, 0.5) is 4.39 Å². The van der Waals surface area contributed by atoms with Crippen LogP contribution < -0.4 is 15.8 Å². The van der Waals surface area contributed by atoms with Crippen LogP contribution in [0.5, 0.6) is 11.5 Å². The fourth-order valence-corrected chi connectivity index (χ4v) is 2.16. The van der Waals surface area contributed by atoms with E-state index in [4.69, 9.17) is 10.5 Å². The van der Waals surface area contributed by atoms with E-state index < -0.39 is 5.82 Å². The van der Waals surface area contributed by atoms with Crippen LogP contribution in [0, 0.1) is 5.82 Å². The molecule has 2 rings (SSSR count). The molecule has 0 aliphatic carbocycles. The third kappa shape index (κ3) is 5.83. The zero-order chi connectivity index (χ0) is 16.8. The summed E-state index contributed by atoms with van der Waals surface area (Å²) in [6.07, 6.45) is 0.238. The molecule has 0 radical (unpaired) electrons. The highest BCUT2D eigenvalue weighted by Crippen LogP contribution is 2.26. The van der Waals surface area contributed by atoms with Gasteiger partial charge in [0.1, 0.15) is 5.75 Å². The number of halogens is 2. The molecule has 0 saturated heterocycles. The SMILES string of the molecule is CC(N)CC(=O)NC(C)c1ccc(Oc2ccccc2)c(F)c1.Cl. The minimum atomic E-state index is -0.473. The predicted molar refractivity (Wildman–Crippen MR) is 95.0 cm³/mol. The first-order valence-electron chi connectivity index (χ1n) is 7.53. The van der Waals surface area contributed by atoms with Crippen LogP contribution in [-0.4, -0.2) is 11.9 Å². The van der Waals surface area contributed by atoms with Gasteiger partial charge < -0.3 is 15.8 Å². The highest BCUT2D eigenvalue weighted by molar-refractivity contribution is 5.85. The number of para-hydroxylation sites is 1. The van der Waals surface area contributed by atoms with Crippen molar-refractivity contribution in [2.75, 3.05) is 0 Å². The smallest absolute Gasteiger partial charge is 0.222 e. The second-order valence-corrected chi connectivity index (χ2v) is 5.58. The fraction of sp³-hybridized carbons (Fsp3) is 0.278. The van der Waals surface area contributed by atoms with Crippen molar-refractivity contribution in [2.24, 2.45) is 5.73 Å². The van der Waals surface area contributed by atoms with Crippen molar-refractivity contribution >= 4 is 18.3 Å². The summed E-state index contributed by atoms with van der Waals surface area (Å²) in [6.45, 7) is 3.56. The van der Waals surface area contributed by atoms with Crippen LogP contribution >= 0.6 is 12.4 Å². The molecule has 0 bridgehead atoms. The molecule has 2 atom stereocenters. The number of amides is 1. The van der Waals surface area contributed by atoms with Crippen molar-refractivity contribution in [1.82, 2.24) is 5.32 Å². The molecule has 0 aliphatic heterocycles. The molecule has 0 saturated carbocycles. The van der Waals surface area contributed by atoms with Crippen molar-refractivity contribution in [3.63, 3.8) is 0 Å². The Hall–Kier alpha value is -2.11. The molecule has 6 heteroatoms. The number of hydrogen-bond acceptors (Lipinski definition) is 3. The first-order valence-corrected chi connectivity index (χ1v) is 7.53. The number of nitrogens with one attached hydrogen (secondary N) is 1. The summed E-state index contributed by atoms with van der Waals surface area (Å²) in [5.41, 5.74) is 6.26. The molecular formula is C18H22ClFN2O2. The highest BCUT2D eigenvalue weighted by atomic mass is 35.5. The summed E-state index contributed by atoms with van der Waals surface area (Å²) in [5, 5.41) is 2.80. The molecule has 2 aromatic carbocycles. The summed E-state index contributed by atoms with van der Waals surface area (Å²) < 4.78 is 19.7. The average molecular weight is 353 g/mol. The van der Waals surface area contributed by atoms with Gasteiger partial charge in [-0.15, -0.1) is 12.4 Å². The maximum absolute atomic E-state index is 14.2. The number of nitrogens with two attached hydrogens (primary N) is 1. The van der Waals surface area contributed by atoms with E-state index in [2.05, 4.69) is 5.32 Å². The van der Waals surface area contributed by atoms with Crippen molar-refractivity contribution in [2.45, 2.75) is 32.4 Å². The highest BCUT2D eigenvalue weighted by Gasteiger charge is 2.13. The molecule has 2 unspecified atom stereocenters. The fourth-order valence-electron chi connectivity index (χ4n) is 2.16. The molecule has 3 N–H and O–H groups in total. The van der Waals surface area contributed by atoms with E-state index in [0.29, 0.717) is 11.3 Å². The lowest BCUT2D eigenvalue weighted by atomic mass is 10.1. The standard InChI is InChI=1S/C18H21FN2O2.ClH/c1-12(20)10-18(22)21-13(2)14-8-9-17(16(19)11-14)23-15-6-4-3-5-7-15;/h3-9,11-13H,10,20H2,1-2H3,(H,21,22);1H. The molecule has 24 heavy (non-hydrogen) atoms. The first kappa shape index (κ1) is 19.9. The van der Waals surface area contributed by atoms with Crippen LogP contribution in [0.2, 0.25) is 0 Å². The Morgan fingerprint density at radius 1 is 1.21 bits per heavy atom. The summed E-state index contributed by atoms with van der Waals surface area (Å²) in [4.78, 5) is 11.7. The van der Waals surface area contributed by atoms with Crippen LogP contribution in [0.25, 0.3) is 0 Å². The van der Waals surface area contributed by atoms with Crippen LogP contribution in [0.3, 0.4) is 0 Å². The van der Waals surface area contributed by atoms with Crippen molar-refractivity contribution < 1.29 is 13.9 Å². The van der Waals surface area contributed by atoms with Gasteiger partial charge in [0.25, 0.3) is 0 Å². The van der Waals surface area contributed by atoms with E-state index in [9.17, 15) is 9.18 Å². The first-order chi connectivity index (χ1) is 11.0. The van der Waals surface area contributed by atoms with E-state index in [1.807, 2.05) is 18.2 Å². The topological polar surface area (TPSA) is 64.4 Å². The lowest BCUT2D eigenvalue weighted by molar-refractivity contribution is -0.122. The Morgan fingerprint density at radius 2 is 1.88 bits per heavy atom. The van der Waals surface area contributed by atoms with Gasteiger partial charge in [0.15, 0.2) is 11.6 Å². The second-order valence-electron chi connectivity index (χ2n) is 5.58. The Balaban J connectivity index is 0.00000288. The zero-order valence-electron chi connectivity index (χ0n) is 13.7. The van der Waals surface area contributed by atoms with Gasteiger partial charge in [0.05, 0.1) is 6.04 Å². The van der Waals surface area contributed by atoms with Gasteiger partial charge >= 0.3 is 0 Å². The Kier molecular flexibility index (Phi) is 7.68. The molecule has 0 fully saturated rings. The molecule has 2 aromatic rings. The van der Waals surface area contributed by atoms with Crippen molar-refractivity contribution in [3.05, 3.63) is 59.9 Å². The van der Waals surface area contributed by atoms with E-state index in [1.165, 1.54) is 6.07 Å². The van der Waals surface area contributed by atoms with Gasteiger partial charge in [0.2, 0.25) is 5.91 Å². The molecule has 0 spiro atoms. The largest absolute Gasteiger partial charge is 0.454 e. The van der Waals surface area contributed by atoms with E-state index in [0.717, 1.165) is 0 Å².